The van der Waals surface area contributed by atoms with Gasteiger partial charge >= 0.3 is 0 Å². The fourth-order valence-electron chi connectivity index (χ4n) is 3.03. The van der Waals surface area contributed by atoms with Crippen LogP contribution in [0.3, 0.4) is 0 Å². The van der Waals surface area contributed by atoms with E-state index < -0.39 is 23.7 Å². The number of halogens is 1. The number of ether oxygens (including phenoxy) is 1. The summed E-state index contributed by atoms with van der Waals surface area (Å²) < 4.78 is 19.4. The predicted molar refractivity (Wildman–Crippen MR) is 108 cm³/mol. The molecule has 29 heavy (non-hydrogen) atoms. The van der Waals surface area contributed by atoms with Gasteiger partial charge in [-0.25, -0.2) is 4.39 Å². The first-order valence-corrected chi connectivity index (χ1v) is 9.04. The van der Waals surface area contributed by atoms with Gasteiger partial charge in [-0.1, -0.05) is 36.4 Å². The van der Waals surface area contributed by atoms with E-state index in [9.17, 15) is 14.0 Å². The number of fused-ring (bicyclic) bond motifs is 2. The van der Waals surface area contributed by atoms with E-state index in [1.54, 1.807) is 25.1 Å². The van der Waals surface area contributed by atoms with E-state index in [-0.39, 0.29) is 5.69 Å². The normalized spacial score (nSPS) is 11.9. The van der Waals surface area contributed by atoms with Crippen molar-refractivity contribution in [3.63, 3.8) is 0 Å². The maximum absolute atomic E-state index is 13.7. The van der Waals surface area contributed by atoms with E-state index >= 15 is 0 Å². The summed E-state index contributed by atoms with van der Waals surface area (Å²) in [7, 11) is 0. The molecule has 7 heteroatoms. The zero-order valence-electron chi connectivity index (χ0n) is 15.5. The molecule has 1 unspecified atom stereocenters. The number of nitrogens with one attached hydrogen (secondary N) is 3. The van der Waals surface area contributed by atoms with E-state index in [0.717, 1.165) is 10.8 Å². The SMILES string of the molecule is CC(Oc1ccc2ccccc2c1)C(=O)NNC(=O)c1cc2c(F)cccc2[nH]1. The van der Waals surface area contributed by atoms with Crippen LogP contribution in [0.4, 0.5) is 4.39 Å². The number of carbonyl (C=O) groups excluding carboxylic acids is 2. The molecule has 1 heterocycles. The first kappa shape index (κ1) is 18.5. The summed E-state index contributed by atoms with van der Waals surface area (Å²) >= 11 is 0. The quantitative estimate of drug-likeness (QED) is 0.464. The van der Waals surface area contributed by atoms with Crippen molar-refractivity contribution in [3.8, 4) is 5.75 Å². The zero-order chi connectivity index (χ0) is 20.4. The van der Waals surface area contributed by atoms with Crippen LogP contribution in [0.25, 0.3) is 21.7 Å². The fourth-order valence-corrected chi connectivity index (χ4v) is 3.03. The van der Waals surface area contributed by atoms with Gasteiger partial charge in [-0.3, -0.25) is 20.4 Å². The van der Waals surface area contributed by atoms with Gasteiger partial charge < -0.3 is 9.72 Å². The highest BCUT2D eigenvalue weighted by molar-refractivity contribution is 5.99. The van der Waals surface area contributed by atoms with Gasteiger partial charge in [0.2, 0.25) is 0 Å². The lowest BCUT2D eigenvalue weighted by atomic mass is 10.1. The molecule has 4 rings (SSSR count). The lowest BCUT2D eigenvalue weighted by Gasteiger charge is -2.15. The van der Waals surface area contributed by atoms with Crippen LogP contribution in [0.15, 0.2) is 66.7 Å². The van der Waals surface area contributed by atoms with E-state index in [1.807, 2.05) is 36.4 Å². The Labute approximate surface area is 165 Å². The number of amides is 2. The highest BCUT2D eigenvalue weighted by Gasteiger charge is 2.17. The molecule has 0 aliphatic heterocycles. The number of aromatic amines is 1. The number of rotatable bonds is 4. The second-order valence-corrected chi connectivity index (χ2v) is 6.60. The number of hydrogen-bond donors (Lipinski definition) is 3. The van der Waals surface area contributed by atoms with E-state index in [0.29, 0.717) is 16.7 Å². The maximum Gasteiger partial charge on any atom is 0.286 e. The summed E-state index contributed by atoms with van der Waals surface area (Å²) in [6.07, 6.45) is -0.836. The lowest BCUT2D eigenvalue weighted by molar-refractivity contribution is -0.128. The van der Waals surface area contributed by atoms with Crippen LogP contribution in [-0.4, -0.2) is 22.9 Å². The van der Waals surface area contributed by atoms with Crippen LogP contribution in [0.5, 0.6) is 5.75 Å². The number of aromatic nitrogens is 1. The average Bonchev–Trinajstić information content (AvgIpc) is 3.17. The van der Waals surface area contributed by atoms with Crippen LogP contribution >= 0.6 is 0 Å². The number of hydrazine groups is 1. The number of benzene rings is 3. The van der Waals surface area contributed by atoms with Crippen molar-refractivity contribution in [2.45, 2.75) is 13.0 Å². The minimum atomic E-state index is -0.836. The monoisotopic (exact) mass is 391 g/mol. The number of carbonyl (C=O) groups is 2. The standard InChI is InChI=1S/C22H18FN3O3/c1-13(29-16-10-9-14-5-2-3-6-15(14)11-16)21(27)25-26-22(28)20-12-17-18(23)7-4-8-19(17)24-20/h2-13,24H,1H3,(H,25,27)(H,26,28). The summed E-state index contributed by atoms with van der Waals surface area (Å²) in [5.41, 5.74) is 5.25. The molecule has 0 saturated heterocycles. The Morgan fingerprint density at radius 2 is 1.76 bits per heavy atom. The summed E-state index contributed by atoms with van der Waals surface area (Å²) in [6, 6.07) is 19.3. The zero-order valence-corrected chi connectivity index (χ0v) is 15.5. The Morgan fingerprint density at radius 1 is 0.966 bits per heavy atom. The number of H-pyrrole nitrogens is 1. The van der Waals surface area contributed by atoms with Gasteiger partial charge in [0.25, 0.3) is 11.8 Å². The summed E-state index contributed by atoms with van der Waals surface area (Å²) in [6.45, 7) is 1.58. The average molecular weight is 391 g/mol. The molecule has 0 radical (unpaired) electrons. The third-order valence-electron chi connectivity index (χ3n) is 4.56. The van der Waals surface area contributed by atoms with Gasteiger partial charge in [-0.2, -0.15) is 0 Å². The fraction of sp³-hybridized carbons (Fsp3) is 0.0909. The molecule has 0 aliphatic carbocycles. The third-order valence-corrected chi connectivity index (χ3v) is 4.56. The maximum atomic E-state index is 13.7. The second kappa shape index (κ2) is 7.63. The van der Waals surface area contributed by atoms with Gasteiger partial charge in [0.1, 0.15) is 17.3 Å². The van der Waals surface area contributed by atoms with Gasteiger partial charge in [0, 0.05) is 10.9 Å². The highest BCUT2D eigenvalue weighted by Crippen LogP contribution is 2.21. The molecule has 1 atom stereocenters. The Bertz CT molecular complexity index is 1220. The van der Waals surface area contributed by atoms with Crippen molar-refractivity contribution >= 4 is 33.5 Å². The Hall–Kier alpha value is -3.87. The molecular weight excluding hydrogens is 373 g/mol. The van der Waals surface area contributed by atoms with E-state index in [2.05, 4.69) is 15.8 Å². The molecule has 146 valence electrons. The van der Waals surface area contributed by atoms with Crippen LogP contribution in [-0.2, 0) is 4.79 Å². The summed E-state index contributed by atoms with van der Waals surface area (Å²) in [5.74, 6) is -0.997. The summed E-state index contributed by atoms with van der Waals surface area (Å²) in [5, 5.41) is 2.37. The van der Waals surface area contributed by atoms with Crippen molar-refractivity contribution in [1.29, 1.82) is 0 Å². The number of hydrogen-bond acceptors (Lipinski definition) is 3. The van der Waals surface area contributed by atoms with Gasteiger partial charge in [0.05, 0.1) is 0 Å². The lowest BCUT2D eigenvalue weighted by Crippen LogP contribution is -2.47. The molecule has 1 aromatic heterocycles. The largest absolute Gasteiger partial charge is 0.481 e. The molecule has 0 spiro atoms. The van der Waals surface area contributed by atoms with Crippen LogP contribution in [0.1, 0.15) is 17.4 Å². The van der Waals surface area contributed by atoms with Gasteiger partial charge in [-0.15, -0.1) is 0 Å². The molecular formula is C22H18FN3O3. The first-order chi connectivity index (χ1) is 14.0. The third kappa shape index (κ3) is 3.89. The van der Waals surface area contributed by atoms with E-state index in [1.165, 1.54) is 12.1 Å². The van der Waals surface area contributed by atoms with Gasteiger partial charge in [-0.05, 0) is 48.0 Å². The molecule has 3 N–H and O–H groups in total. The van der Waals surface area contributed by atoms with Crippen molar-refractivity contribution in [3.05, 3.63) is 78.2 Å². The minimum absolute atomic E-state index is 0.133. The molecule has 4 aromatic rings. The van der Waals surface area contributed by atoms with Crippen molar-refractivity contribution in [2.75, 3.05) is 0 Å². The Morgan fingerprint density at radius 3 is 2.55 bits per heavy atom. The molecule has 0 aliphatic rings. The molecule has 2 amide bonds. The second-order valence-electron chi connectivity index (χ2n) is 6.60. The Kier molecular flexibility index (Phi) is 4.87. The minimum Gasteiger partial charge on any atom is -0.481 e. The molecule has 3 aromatic carbocycles. The first-order valence-electron chi connectivity index (χ1n) is 9.04. The van der Waals surface area contributed by atoms with Crippen molar-refractivity contribution in [2.24, 2.45) is 0 Å². The van der Waals surface area contributed by atoms with Crippen LogP contribution < -0.4 is 15.6 Å². The highest BCUT2D eigenvalue weighted by atomic mass is 19.1. The molecule has 0 fully saturated rings. The van der Waals surface area contributed by atoms with Crippen LogP contribution in [0.2, 0.25) is 0 Å². The summed E-state index contributed by atoms with van der Waals surface area (Å²) in [4.78, 5) is 27.3. The predicted octanol–water partition coefficient (Wildman–Crippen LogP) is 3.69. The smallest absolute Gasteiger partial charge is 0.286 e. The molecule has 0 saturated carbocycles. The van der Waals surface area contributed by atoms with Crippen LogP contribution in [0, 0.1) is 5.82 Å². The topological polar surface area (TPSA) is 83.2 Å². The molecule has 0 bridgehead atoms. The molecule has 6 nitrogen and oxygen atoms in total. The van der Waals surface area contributed by atoms with E-state index in [4.69, 9.17) is 4.74 Å². The van der Waals surface area contributed by atoms with Crippen molar-refractivity contribution < 1.29 is 18.7 Å². The van der Waals surface area contributed by atoms with Crippen molar-refractivity contribution in [1.82, 2.24) is 15.8 Å². The van der Waals surface area contributed by atoms with Gasteiger partial charge in [0.15, 0.2) is 6.10 Å². The Balaban J connectivity index is 1.37.